The van der Waals surface area contributed by atoms with Gasteiger partial charge in [0.05, 0.1) is 6.61 Å². The van der Waals surface area contributed by atoms with Crippen LogP contribution in [0.2, 0.25) is 0 Å². The monoisotopic (exact) mass is 285 g/mol. The largest absolute Gasteiger partial charge is 0.461 e. The summed E-state index contributed by atoms with van der Waals surface area (Å²) in [6.07, 6.45) is 1.81. The number of hydrogen-bond donors (Lipinski definition) is 0. The Balaban J connectivity index is 3.06. The van der Waals surface area contributed by atoms with Crippen molar-refractivity contribution in [2.75, 3.05) is 32.3 Å². The van der Waals surface area contributed by atoms with Crippen LogP contribution in [0.3, 0.4) is 0 Å². The maximum atomic E-state index is 11.9. The van der Waals surface area contributed by atoms with Gasteiger partial charge in [-0.15, -0.1) is 0 Å². The van der Waals surface area contributed by atoms with E-state index in [9.17, 15) is 4.79 Å². The third kappa shape index (κ3) is 3.91. The molecule has 0 aliphatic carbocycles. The highest BCUT2D eigenvalue weighted by atomic mass is 32.1. The highest BCUT2D eigenvalue weighted by molar-refractivity contribution is 7.15. The summed E-state index contributed by atoms with van der Waals surface area (Å²) in [7, 11) is 3.96. The molecular weight excluding hydrogens is 262 g/mol. The van der Waals surface area contributed by atoms with E-state index < -0.39 is 0 Å². The number of thiazole rings is 1. The summed E-state index contributed by atoms with van der Waals surface area (Å²) in [6, 6.07) is 0. The van der Waals surface area contributed by atoms with Gasteiger partial charge in [-0.2, -0.15) is 0 Å². The number of hydrazine groups is 1. The topological polar surface area (TPSA) is 45.7 Å². The van der Waals surface area contributed by atoms with Gasteiger partial charge in [0.2, 0.25) is 5.13 Å². The van der Waals surface area contributed by atoms with Gasteiger partial charge in [0.15, 0.2) is 5.69 Å². The Morgan fingerprint density at radius 2 is 2.00 bits per heavy atom. The van der Waals surface area contributed by atoms with E-state index in [4.69, 9.17) is 4.74 Å². The fourth-order valence-corrected chi connectivity index (χ4v) is 2.81. The fraction of sp³-hybridized carbons (Fsp3) is 0.692. The number of carbonyl (C=O) groups excluding carboxylic acids is 1. The van der Waals surface area contributed by atoms with Gasteiger partial charge in [-0.25, -0.2) is 14.8 Å². The first-order valence-electron chi connectivity index (χ1n) is 6.66. The summed E-state index contributed by atoms with van der Waals surface area (Å²) < 4.78 is 5.06. The molecule has 1 aromatic rings. The van der Waals surface area contributed by atoms with Crippen LogP contribution in [0.25, 0.3) is 0 Å². The lowest BCUT2D eigenvalue weighted by atomic mass is 10.3. The third-order valence-corrected chi connectivity index (χ3v) is 3.83. The molecule has 1 aromatic heterocycles. The van der Waals surface area contributed by atoms with Crippen molar-refractivity contribution >= 4 is 22.4 Å². The van der Waals surface area contributed by atoms with Gasteiger partial charge in [-0.05, 0) is 19.8 Å². The molecule has 0 atom stereocenters. The quantitative estimate of drug-likeness (QED) is 0.569. The molecule has 5 nitrogen and oxygen atoms in total. The number of esters is 1. The van der Waals surface area contributed by atoms with Crippen LogP contribution in [-0.4, -0.2) is 43.2 Å². The molecule has 0 bridgehead atoms. The molecule has 1 rings (SSSR count). The minimum Gasteiger partial charge on any atom is -0.461 e. The molecule has 108 valence electrons. The number of anilines is 1. The number of nitrogens with zero attached hydrogens (tertiary/aromatic N) is 3. The van der Waals surface area contributed by atoms with Crippen molar-refractivity contribution in [3.05, 3.63) is 10.6 Å². The second-order valence-corrected chi connectivity index (χ2v) is 5.37. The van der Waals surface area contributed by atoms with E-state index in [0.29, 0.717) is 12.3 Å². The molecule has 0 fully saturated rings. The van der Waals surface area contributed by atoms with E-state index in [1.165, 1.54) is 0 Å². The van der Waals surface area contributed by atoms with Gasteiger partial charge in [-0.3, -0.25) is 5.01 Å². The van der Waals surface area contributed by atoms with Gasteiger partial charge >= 0.3 is 5.97 Å². The van der Waals surface area contributed by atoms with Crippen LogP contribution in [0.1, 0.15) is 42.6 Å². The van der Waals surface area contributed by atoms with Crippen molar-refractivity contribution in [2.24, 2.45) is 0 Å². The average Bonchev–Trinajstić information content (AvgIpc) is 2.79. The molecule has 0 spiro atoms. The number of hydrogen-bond acceptors (Lipinski definition) is 6. The van der Waals surface area contributed by atoms with Gasteiger partial charge in [-0.1, -0.05) is 25.2 Å². The number of aryl methyl sites for hydroxylation is 1. The van der Waals surface area contributed by atoms with Gasteiger partial charge < -0.3 is 4.74 Å². The molecular formula is C13H23N3O2S. The molecule has 0 amide bonds. The van der Waals surface area contributed by atoms with E-state index in [-0.39, 0.29) is 5.97 Å². The minimum atomic E-state index is -0.322. The Morgan fingerprint density at radius 3 is 2.47 bits per heavy atom. The van der Waals surface area contributed by atoms with Crippen LogP contribution in [0.5, 0.6) is 0 Å². The first-order valence-corrected chi connectivity index (χ1v) is 7.48. The summed E-state index contributed by atoms with van der Waals surface area (Å²) in [4.78, 5) is 17.3. The lowest BCUT2D eigenvalue weighted by Crippen LogP contribution is -2.37. The molecule has 0 aliphatic rings. The molecule has 0 unspecified atom stereocenters. The molecule has 1 heterocycles. The van der Waals surface area contributed by atoms with Crippen LogP contribution in [-0.2, 0) is 11.2 Å². The summed E-state index contributed by atoms with van der Waals surface area (Å²) >= 11 is 1.56. The predicted octanol–water partition coefficient (Wildman–Crippen LogP) is 2.58. The van der Waals surface area contributed by atoms with Crippen molar-refractivity contribution in [1.82, 2.24) is 9.99 Å². The molecule has 0 aliphatic heterocycles. The molecule has 6 heteroatoms. The lowest BCUT2D eigenvalue weighted by Gasteiger charge is -2.27. The Morgan fingerprint density at radius 1 is 1.32 bits per heavy atom. The zero-order valence-corrected chi connectivity index (χ0v) is 13.2. The highest BCUT2D eigenvalue weighted by Gasteiger charge is 2.21. The Kier molecular flexibility index (Phi) is 6.24. The second-order valence-electron chi connectivity index (χ2n) is 4.31. The van der Waals surface area contributed by atoms with E-state index in [1.807, 2.05) is 26.0 Å². The number of carbonyl (C=O) groups is 1. The third-order valence-electron chi connectivity index (χ3n) is 2.62. The Bertz CT molecular complexity index is 418. The zero-order chi connectivity index (χ0) is 14.4. The minimum absolute atomic E-state index is 0.322. The average molecular weight is 285 g/mol. The second kappa shape index (κ2) is 7.45. The van der Waals surface area contributed by atoms with E-state index in [0.717, 1.165) is 29.4 Å². The summed E-state index contributed by atoms with van der Waals surface area (Å²) in [5.74, 6) is -0.322. The number of aromatic nitrogens is 1. The first-order chi connectivity index (χ1) is 9.04. The molecule has 19 heavy (non-hydrogen) atoms. The Hall–Kier alpha value is -1.14. The predicted molar refractivity (Wildman–Crippen MR) is 78.8 cm³/mol. The molecule has 0 N–H and O–H groups in total. The summed E-state index contributed by atoms with van der Waals surface area (Å²) in [5.41, 5.74) is 0.465. The van der Waals surface area contributed by atoms with Gasteiger partial charge in [0.1, 0.15) is 0 Å². The van der Waals surface area contributed by atoms with Crippen molar-refractivity contribution in [3.63, 3.8) is 0 Å². The maximum Gasteiger partial charge on any atom is 0.358 e. The lowest BCUT2D eigenvalue weighted by molar-refractivity contribution is 0.0519. The fourth-order valence-electron chi connectivity index (χ4n) is 1.73. The standard InChI is InChI=1S/C13H23N3O2S/c1-6-9-16(15(4)5)13-14-11(10(7-2)19-13)12(17)18-8-3/h6-9H2,1-5H3. The first kappa shape index (κ1) is 15.9. The van der Waals surface area contributed by atoms with Gasteiger partial charge in [0.25, 0.3) is 0 Å². The molecule has 0 aromatic carbocycles. The highest BCUT2D eigenvalue weighted by Crippen LogP contribution is 2.28. The van der Waals surface area contributed by atoms with Crippen LogP contribution >= 0.6 is 11.3 Å². The number of ether oxygens (including phenoxy) is 1. The van der Waals surface area contributed by atoms with Gasteiger partial charge in [0, 0.05) is 25.5 Å². The molecule has 0 saturated carbocycles. The van der Waals surface area contributed by atoms with E-state index >= 15 is 0 Å². The molecule has 0 saturated heterocycles. The zero-order valence-electron chi connectivity index (χ0n) is 12.4. The smallest absolute Gasteiger partial charge is 0.358 e. The van der Waals surface area contributed by atoms with Crippen LogP contribution < -0.4 is 5.01 Å². The van der Waals surface area contributed by atoms with Crippen molar-refractivity contribution in [2.45, 2.75) is 33.6 Å². The van der Waals surface area contributed by atoms with Crippen molar-refractivity contribution < 1.29 is 9.53 Å². The van der Waals surface area contributed by atoms with Crippen LogP contribution in [0, 0.1) is 0 Å². The van der Waals surface area contributed by atoms with Crippen molar-refractivity contribution in [1.29, 1.82) is 0 Å². The summed E-state index contributed by atoms with van der Waals surface area (Å²) in [6.45, 7) is 7.21. The molecule has 0 radical (unpaired) electrons. The van der Waals surface area contributed by atoms with E-state index in [1.54, 1.807) is 18.3 Å². The van der Waals surface area contributed by atoms with Crippen molar-refractivity contribution in [3.8, 4) is 0 Å². The van der Waals surface area contributed by atoms with Crippen LogP contribution in [0.15, 0.2) is 0 Å². The SMILES string of the molecule is CCCN(c1nc(C(=O)OCC)c(CC)s1)N(C)C. The van der Waals surface area contributed by atoms with Crippen LogP contribution in [0.4, 0.5) is 5.13 Å². The summed E-state index contributed by atoms with van der Waals surface area (Å²) in [5, 5.41) is 4.93. The Labute approximate surface area is 119 Å². The normalized spacial score (nSPS) is 10.8. The number of rotatable bonds is 7. The maximum absolute atomic E-state index is 11.9. The van der Waals surface area contributed by atoms with E-state index in [2.05, 4.69) is 16.9 Å².